The van der Waals surface area contributed by atoms with E-state index in [1.54, 1.807) is 26.0 Å². The number of ether oxygens (including phenoxy) is 2. The Balaban J connectivity index is 2.41. The Hall–Kier alpha value is -2.13. The second-order valence-corrected chi connectivity index (χ2v) is 6.46. The SMILES string of the molecule is COCC(C)NC(=O)COC(=O)C(C)Sc1ccc([N+](=O)[O-])cc1. The topological polar surface area (TPSA) is 108 Å². The van der Waals surface area contributed by atoms with Gasteiger partial charge in [0.2, 0.25) is 0 Å². The molecule has 0 saturated carbocycles. The smallest absolute Gasteiger partial charge is 0.319 e. The normalized spacial score (nSPS) is 13.0. The van der Waals surface area contributed by atoms with Gasteiger partial charge in [0, 0.05) is 30.2 Å². The maximum Gasteiger partial charge on any atom is 0.319 e. The number of hydrogen-bond donors (Lipinski definition) is 1. The van der Waals surface area contributed by atoms with Crippen LogP contribution < -0.4 is 5.32 Å². The summed E-state index contributed by atoms with van der Waals surface area (Å²) in [6.45, 7) is 3.42. The molecule has 132 valence electrons. The van der Waals surface area contributed by atoms with Crippen LogP contribution in [0.25, 0.3) is 0 Å². The molecule has 9 heteroatoms. The summed E-state index contributed by atoms with van der Waals surface area (Å²) in [5.41, 5.74) is -0.0172. The van der Waals surface area contributed by atoms with Gasteiger partial charge in [-0.05, 0) is 26.0 Å². The standard InChI is InChI=1S/C15H20N2O6S/c1-10(8-22-3)16-14(18)9-23-15(19)11(2)24-13-6-4-12(5-7-13)17(20)21/h4-7,10-11H,8-9H2,1-3H3,(H,16,18). The number of nitro benzene ring substituents is 1. The van der Waals surface area contributed by atoms with Crippen LogP contribution >= 0.6 is 11.8 Å². The maximum absolute atomic E-state index is 11.9. The van der Waals surface area contributed by atoms with Crippen molar-refractivity contribution in [2.45, 2.75) is 30.0 Å². The number of nitrogens with one attached hydrogen (secondary N) is 1. The summed E-state index contributed by atoms with van der Waals surface area (Å²) in [5.74, 6) is -0.937. The minimum absolute atomic E-state index is 0.0172. The van der Waals surface area contributed by atoms with Gasteiger partial charge in [0.05, 0.1) is 11.5 Å². The highest BCUT2D eigenvalue weighted by atomic mass is 32.2. The molecule has 0 aliphatic heterocycles. The number of esters is 1. The van der Waals surface area contributed by atoms with Gasteiger partial charge in [0.1, 0.15) is 5.25 Å². The monoisotopic (exact) mass is 356 g/mol. The maximum atomic E-state index is 11.9. The molecule has 8 nitrogen and oxygen atoms in total. The molecule has 0 spiro atoms. The number of rotatable bonds is 9. The average Bonchev–Trinajstić information content (AvgIpc) is 2.53. The van der Waals surface area contributed by atoms with Crippen LogP contribution in [0.4, 0.5) is 5.69 Å². The van der Waals surface area contributed by atoms with E-state index in [0.29, 0.717) is 11.5 Å². The number of non-ortho nitro benzene ring substituents is 1. The first-order valence-electron chi connectivity index (χ1n) is 7.19. The molecule has 1 aromatic rings. The van der Waals surface area contributed by atoms with Crippen molar-refractivity contribution in [2.75, 3.05) is 20.3 Å². The lowest BCUT2D eigenvalue weighted by atomic mass is 10.3. The number of hydrogen-bond acceptors (Lipinski definition) is 7. The number of benzene rings is 1. The Morgan fingerprint density at radius 2 is 1.92 bits per heavy atom. The molecule has 0 saturated heterocycles. The summed E-state index contributed by atoms with van der Waals surface area (Å²) in [5, 5.41) is 12.7. The van der Waals surface area contributed by atoms with Crippen molar-refractivity contribution >= 4 is 29.3 Å². The van der Waals surface area contributed by atoms with Gasteiger partial charge in [-0.3, -0.25) is 19.7 Å². The highest BCUT2D eigenvalue weighted by Gasteiger charge is 2.18. The summed E-state index contributed by atoms with van der Waals surface area (Å²) in [6, 6.07) is 5.68. The highest BCUT2D eigenvalue weighted by Crippen LogP contribution is 2.25. The van der Waals surface area contributed by atoms with Crippen LogP contribution in [0.15, 0.2) is 29.2 Å². The Bertz CT molecular complexity index is 578. The molecule has 0 fully saturated rings. The summed E-state index contributed by atoms with van der Waals surface area (Å²) >= 11 is 1.20. The lowest BCUT2D eigenvalue weighted by Crippen LogP contribution is -2.38. The van der Waals surface area contributed by atoms with Gasteiger partial charge in [-0.1, -0.05) is 0 Å². The predicted octanol–water partition coefficient (Wildman–Crippen LogP) is 1.77. The summed E-state index contributed by atoms with van der Waals surface area (Å²) < 4.78 is 9.85. The van der Waals surface area contributed by atoms with Crippen molar-refractivity contribution in [1.29, 1.82) is 0 Å². The number of amides is 1. The zero-order valence-corrected chi connectivity index (χ0v) is 14.5. The van der Waals surface area contributed by atoms with Crippen molar-refractivity contribution in [1.82, 2.24) is 5.32 Å². The predicted molar refractivity (Wildman–Crippen MR) is 88.9 cm³/mol. The van der Waals surface area contributed by atoms with Gasteiger partial charge in [-0.25, -0.2) is 0 Å². The van der Waals surface area contributed by atoms with Crippen molar-refractivity contribution in [3.63, 3.8) is 0 Å². The van der Waals surface area contributed by atoms with E-state index >= 15 is 0 Å². The third kappa shape index (κ3) is 6.97. The molecule has 24 heavy (non-hydrogen) atoms. The third-order valence-electron chi connectivity index (χ3n) is 2.86. The second kappa shape index (κ2) is 9.89. The zero-order valence-electron chi connectivity index (χ0n) is 13.7. The Morgan fingerprint density at radius 3 is 2.46 bits per heavy atom. The van der Waals surface area contributed by atoms with E-state index in [0.717, 1.165) is 0 Å². The van der Waals surface area contributed by atoms with E-state index in [1.807, 2.05) is 0 Å². The lowest BCUT2D eigenvalue weighted by molar-refractivity contribution is -0.384. The van der Waals surface area contributed by atoms with Crippen LogP contribution in [-0.4, -0.2) is 48.4 Å². The molecule has 0 aromatic heterocycles. The van der Waals surface area contributed by atoms with Crippen molar-refractivity contribution < 1.29 is 24.0 Å². The molecular formula is C15H20N2O6S. The largest absolute Gasteiger partial charge is 0.455 e. The Labute approximate surface area is 144 Å². The quantitative estimate of drug-likeness (QED) is 0.311. The molecule has 0 heterocycles. The molecular weight excluding hydrogens is 336 g/mol. The first kappa shape index (κ1) is 19.9. The van der Waals surface area contributed by atoms with Gasteiger partial charge >= 0.3 is 5.97 Å². The summed E-state index contributed by atoms with van der Waals surface area (Å²) in [4.78, 5) is 34.3. The highest BCUT2D eigenvalue weighted by molar-refractivity contribution is 8.00. The first-order valence-corrected chi connectivity index (χ1v) is 8.07. The zero-order chi connectivity index (χ0) is 18.1. The van der Waals surface area contributed by atoms with E-state index in [9.17, 15) is 19.7 Å². The van der Waals surface area contributed by atoms with Gasteiger partial charge < -0.3 is 14.8 Å². The van der Waals surface area contributed by atoms with Crippen molar-refractivity contribution in [2.24, 2.45) is 0 Å². The fourth-order valence-corrected chi connectivity index (χ4v) is 2.63. The molecule has 2 atom stereocenters. The molecule has 0 aliphatic carbocycles. The molecule has 1 rings (SSSR count). The van der Waals surface area contributed by atoms with Gasteiger partial charge in [0.25, 0.3) is 11.6 Å². The van der Waals surface area contributed by atoms with Crippen LogP contribution in [0.1, 0.15) is 13.8 Å². The summed E-state index contributed by atoms with van der Waals surface area (Å²) in [6.07, 6.45) is 0. The van der Waals surface area contributed by atoms with Gasteiger partial charge in [-0.2, -0.15) is 0 Å². The van der Waals surface area contributed by atoms with Crippen LogP contribution in [0, 0.1) is 10.1 Å². The average molecular weight is 356 g/mol. The number of nitrogens with zero attached hydrogens (tertiary/aromatic N) is 1. The van der Waals surface area contributed by atoms with Gasteiger partial charge in [-0.15, -0.1) is 11.8 Å². The molecule has 0 radical (unpaired) electrons. The van der Waals surface area contributed by atoms with Crippen LogP contribution in [-0.2, 0) is 19.1 Å². The number of nitro groups is 1. The molecule has 1 amide bonds. The van der Waals surface area contributed by atoms with Gasteiger partial charge in [0.15, 0.2) is 6.61 Å². The van der Waals surface area contributed by atoms with Crippen molar-refractivity contribution in [3.8, 4) is 0 Å². The van der Waals surface area contributed by atoms with Crippen molar-refractivity contribution in [3.05, 3.63) is 34.4 Å². The molecule has 1 aromatic carbocycles. The van der Waals surface area contributed by atoms with E-state index in [4.69, 9.17) is 9.47 Å². The van der Waals surface area contributed by atoms with E-state index in [-0.39, 0.29) is 18.3 Å². The molecule has 1 N–H and O–H groups in total. The first-order chi connectivity index (χ1) is 11.3. The molecule has 0 bridgehead atoms. The van der Waals surface area contributed by atoms with E-state index < -0.39 is 22.0 Å². The van der Waals surface area contributed by atoms with Crippen LogP contribution in [0.2, 0.25) is 0 Å². The van der Waals surface area contributed by atoms with E-state index in [2.05, 4.69) is 5.32 Å². The number of carbonyl (C=O) groups is 2. The third-order valence-corrected chi connectivity index (χ3v) is 3.95. The number of methoxy groups -OCH3 is 1. The van der Waals surface area contributed by atoms with Crippen LogP contribution in [0.5, 0.6) is 0 Å². The minimum Gasteiger partial charge on any atom is -0.455 e. The second-order valence-electron chi connectivity index (χ2n) is 5.04. The van der Waals surface area contributed by atoms with Crippen LogP contribution in [0.3, 0.4) is 0 Å². The molecule has 0 aliphatic rings. The Kier molecular flexibility index (Phi) is 8.20. The minimum atomic E-state index is -0.546. The number of carbonyl (C=O) groups excluding carboxylic acids is 2. The summed E-state index contributed by atoms with van der Waals surface area (Å²) in [7, 11) is 1.53. The fraction of sp³-hybridized carbons (Fsp3) is 0.467. The van der Waals surface area contributed by atoms with E-state index in [1.165, 1.54) is 31.0 Å². The fourth-order valence-electron chi connectivity index (χ4n) is 1.76. The lowest BCUT2D eigenvalue weighted by Gasteiger charge is -2.14. The number of thioether (sulfide) groups is 1. The Morgan fingerprint density at radius 1 is 1.29 bits per heavy atom. The molecule has 2 unspecified atom stereocenters.